The van der Waals surface area contributed by atoms with E-state index in [0.717, 1.165) is 17.2 Å². The summed E-state index contributed by atoms with van der Waals surface area (Å²) < 4.78 is 27.4. The van der Waals surface area contributed by atoms with Crippen molar-refractivity contribution in [3.05, 3.63) is 126 Å². The van der Waals surface area contributed by atoms with Gasteiger partial charge in [-0.1, -0.05) is 78.9 Å². The third kappa shape index (κ3) is 4.39. The van der Waals surface area contributed by atoms with Crippen molar-refractivity contribution >= 4 is 21.6 Å². The lowest BCUT2D eigenvalue weighted by molar-refractivity contribution is -0.115. The Hall–Kier alpha value is -3.77. The lowest BCUT2D eigenvalue weighted by Crippen LogP contribution is -2.31. The number of ketones is 2. The molecule has 0 aliphatic heterocycles. The van der Waals surface area contributed by atoms with Crippen LogP contribution in [0.4, 0.5) is 0 Å². The smallest absolute Gasteiger partial charge is 0.262 e. The average Bonchev–Trinajstić information content (AvgIpc) is 2.79. The van der Waals surface area contributed by atoms with E-state index in [4.69, 9.17) is 0 Å². The van der Waals surface area contributed by atoms with Crippen molar-refractivity contribution in [1.82, 2.24) is 4.72 Å². The summed E-state index contributed by atoms with van der Waals surface area (Å²) in [5.41, 5.74) is 1.76. The summed E-state index contributed by atoms with van der Waals surface area (Å²) in [6.45, 7) is 0. The highest BCUT2D eigenvalue weighted by Gasteiger charge is 2.30. The maximum absolute atomic E-state index is 13.0. The third-order valence-corrected chi connectivity index (χ3v) is 6.37. The first-order chi connectivity index (χ1) is 15.0. The maximum Gasteiger partial charge on any atom is 0.262 e. The predicted octanol–water partition coefficient (Wildman–Crippen LogP) is 3.76. The van der Waals surface area contributed by atoms with E-state index in [1.54, 1.807) is 18.2 Å². The summed E-state index contributed by atoms with van der Waals surface area (Å²) >= 11 is 0. The molecule has 0 spiro atoms. The van der Waals surface area contributed by atoms with Crippen molar-refractivity contribution in [3.63, 3.8) is 0 Å². The fraction of sp³-hybridized carbons (Fsp3) is 0.0400. The van der Waals surface area contributed by atoms with Crippen LogP contribution in [-0.2, 0) is 19.6 Å². The Kier molecular flexibility index (Phi) is 5.64. The van der Waals surface area contributed by atoms with Crippen molar-refractivity contribution in [1.29, 1.82) is 0 Å². The van der Waals surface area contributed by atoms with Gasteiger partial charge in [-0.25, -0.2) is 8.42 Å². The van der Waals surface area contributed by atoms with Crippen molar-refractivity contribution in [2.24, 2.45) is 0 Å². The van der Waals surface area contributed by atoms with Gasteiger partial charge in [0.1, 0.15) is 5.70 Å². The molecule has 0 radical (unpaired) electrons. The van der Waals surface area contributed by atoms with E-state index < -0.39 is 27.5 Å². The highest BCUT2D eigenvalue weighted by atomic mass is 32.2. The van der Waals surface area contributed by atoms with Crippen LogP contribution in [0.1, 0.15) is 17.0 Å². The zero-order valence-electron chi connectivity index (χ0n) is 16.4. The highest BCUT2D eigenvalue weighted by molar-refractivity contribution is 7.89. The van der Waals surface area contributed by atoms with Crippen LogP contribution < -0.4 is 4.72 Å². The van der Waals surface area contributed by atoms with E-state index in [1.807, 2.05) is 60.7 Å². The molecule has 0 bridgehead atoms. The second kappa shape index (κ2) is 8.53. The van der Waals surface area contributed by atoms with Gasteiger partial charge in [0.05, 0.1) is 4.90 Å². The van der Waals surface area contributed by atoms with E-state index in [9.17, 15) is 18.0 Å². The molecule has 5 nitrogen and oxygen atoms in total. The molecular weight excluding hydrogens is 410 g/mol. The molecule has 154 valence electrons. The number of carbonyl (C=O) groups excluding carboxylic acids is 2. The Bertz CT molecular complexity index is 1240. The summed E-state index contributed by atoms with van der Waals surface area (Å²) in [4.78, 5) is 25.8. The molecule has 0 atom stereocenters. The monoisotopic (exact) mass is 429 g/mol. The normalized spacial score (nSPS) is 14.2. The van der Waals surface area contributed by atoms with Crippen LogP contribution in [-0.4, -0.2) is 20.0 Å². The van der Waals surface area contributed by atoms with Crippen molar-refractivity contribution < 1.29 is 18.0 Å². The van der Waals surface area contributed by atoms with Gasteiger partial charge in [-0.15, -0.1) is 0 Å². The largest absolute Gasteiger partial charge is 0.290 e. The lowest BCUT2D eigenvalue weighted by atomic mass is 9.80. The molecule has 0 unspecified atom stereocenters. The molecule has 1 N–H and O–H groups in total. The summed E-state index contributed by atoms with van der Waals surface area (Å²) in [5, 5.41) is 0. The molecule has 3 aromatic rings. The number of benzene rings is 3. The van der Waals surface area contributed by atoms with Gasteiger partial charge in [0, 0.05) is 17.6 Å². The summed E-state index contributed by atoms with van der Waals surface area (Å²) in [5.74, 6) is -1.42. The Morgan fingerprint density at radius 1 is 0.613 bits per heavy atom. The molecule has 0 saturated carbocycles. The molecule has 0 amide bonds. The SMILES string of the molecule is O=C1C=C(C(c2ccccc2)c2ccccc2)C(=O)C=C1NS(=O)(=O)c1ccccc1. The highest BCUT2D eigenvalue weighted by Crippen LogP contribution is 2.34. The van der Waals surface area contributed by atoms with Gasteiger partial charge >= 0.3 is 0 Å². The molecule has 1 aliphatic carbocycles. The van der Waals surface area contributed by atoms with E-state index >= 15 is 0 Å². The predicted molar refractivity (Wildman–Crippen MR) is 118 cm³/mol. The van der Waals surface area contributed by atoms with Gasteiger partial charge < -0.3 is 0 Å². The first-order valence-electron chi connectivity index (χ1n) is 9.65. The van der Waals surface area contributed by atoms with Crippen LogP contribution in [0.2, 0.25) is 0 Å². The van der Waals surface area contributed by atoms with Crippen molar-refractivity contribution in [2.75, 3.05) is 0 Å². The second-order valence-corrected chi connectivity index (χ2v) is 8.74. The maximum atomic E-state index is 13.0. The van der Waals surface area contributed by atoms with Gasteiger partial charge in [0.25, 0.3) is 10.0 Å². The van der Waals surface area contributed by atoms with Crippen LogP contribution in [0.25, 0.3) is 0 Å². The van der Waals surface area contributed by atoms with Crippen LogP contribution in [0.5, 0.6) is 0 Å². The summed E-state index contributed by atoms with van der Waals surface area (Å²) in [7, 11) is -3.98. The molecular formula is C25H19NO4S. The zero-order valence-corrected chi connectivity index (χ0v) is 17.3. The average molecular weight is 429 g/mol. The van der Waals surface area contributed by atoms with Gasteiger partial charge in [-0.05, 0) is 29.3 Å². The van der Waals surface area contributed by atoms with Crippen LogP contribution in [0, 0.1) is 0 Å². The number of hydrogen-bond donors (Lipinski definition) is 1. The second-order valence-electron chi connectivity index (χ2n) is 7.06. The minimum atomic E-state index is -3.98. The molecule has 6 heteroatoms. The van der Waals surface area contributed by atoms with Gasteiger partial charge in [-0.2, -0.15) is 0 Å². The molecule has 31 heavy (non-hydrogen) atoms. The molecule has 4 rings (SSSR count). The number of rotatable bonds is 6. The fourth-order valence-electron chi connectivity index (χ4n) is 3.53. The molecule has 0 aromatic heterocycles. The van der Waals surface area contributed by atoms with Gasteiger partial charge in [0.15, 0.2) is 5.78 Å². The molecule has 0 saturated heterocycles. The topological polar surface area (TPSA) is 80.3 Å². The standard InChI is InChI=1S/C25H19NO4S/c27-23-17-22(26-31(29,30)20-14-8-3-9-15-20)24(28)16-21(23)25(18-10-4-1-5-11-18)19-12-6-2-7-13-19/h1-17,25-26H. The van der Waals surface area contributed by atoms with E-state index in [0.29, 0.717) is 5.57 Å². The molecule has 0 fully saturated rings. The molecule has 1 aliphatic rings. The quantitative estimate of drug-likeness (QED) is 0.605. The first kappa shape index (κ1) is 20.5. The Balaban J connectivity index is 1.68. The van der Waals surface area contributed by atoms with Gasteiger partial charge in [-0.3, -0.25) is 14.3 Å². The molecule has 3 aromatic carbocycles. The van der Waals surface area contributed by atoms with Crippen molar-refractivity contribution in [2.45, 2.75) is 10.8 Å². The number of allylic oxidation sites excluding steroid dienone is 3. The first-order valence-corrected chi connectivity index (χ1v) is 11.1. The van der Waals surface area contributed by atoms with E-state index in [2.05, 4.69) is 4.72 Å². The number of sulfonamides is 1. The van der Waals surface area contributed by atoms with Gasteiger partial charge in [0.2, 0.25) is 5.78 Å². The zero-order chi connectivity index (χ0) is 21.8. The number of nitrogens with one attached hydrogen (secondary N) is 1. The molecule has 0 heterocycles. The Labute approximate surface area is 180 Å². The summed E-state index contributed by atoms with van der Waals surface area (Å²) in [6, 6.07) is 26.5. The minimum absolute atomic E-state index is 0.0115. The van der Waals surface area contributed by atoms with E-state index in [1.165, 1.54) is 18.2 Å². The lowest BCUT2D eigenvalue weighted by Gasteiger charge is -2.23. The Morgan fingerprint density at radius 2 is 1.10 bits per heavy atom. The van der Waals surface area contributed by atoms with Crippen LogP contribution >= 0.6 is 0 Å². The van der Waals surface area contributed by atoms with E-state index in [-0.39, 0.29) is 10.6 Å². The fourth-order valence-corrected chi connectivity index (χ4v) is 4.61. The van der Waals surface area contributed by atoms with Crippen LogP contribution in [0.15, 0.2) is 119 Å². The number of carbonyl (C=O) groups is 2. The van der Waals surface area contributed by atoms with Crippen LogP contribution in [0.3, 0.4) is 0 Å². The summed E-state index contributed by atoms with van der Waals surface area (Å²) in [6.07, 6.45) is 2.30. The Morgan fingerprint density at radius 3 is 1.61 bits per heavy atom. The third-order valence-electron chi connectivity index (χ3n) is 4.99. The number of hydrogen-bond acceptors (Lipinski definition) is 4. The minimum Gasteiger partial charge on any atom is -0.290 e. The van der Waals surface area contributed by atoms with Crippen molar-refractivity contribution in [3.8, 4) is 0 Å².